The van der Waals surface area contributed by atoms with Crippen LogP contribution in [0.25, 0.3) is 0 Å². The average Bonchev–Trinajstić information content (AvgIpc) is 3.68. The molecule has 0 saturated carbocycles. The molecule has 0 heterocycles. The first-order valence-corrected chi connectivity index (χ1v) is 40.6. The number of esters is 2. The molecule has 0 radical (unpaired) electrons. The first kappa shape index (κ1) is 88.2. The molecule has 2 unspecified atom stereocenters. The number of allylic oxidation sites excluding steroid dienone is 14. The highest BCUT2D eigenvalue weighted by Crippen LogP contribution is 2.43. The van der Waals surface area contributed by atoms with Crippen LogP contribution in [0.15, 0.2) is 85.1 Å². The predicted octanol–water partition coefficient (Wildman–Crippen LogP) is 26.1. The van der Waals surface area contributed by atoms with E-state index in [1.54, 1.807) is 0 Å². The Morgan fingerprint density at radius 2 is 0.604 bits per heavy atom. The summed E-state index contributed by atoms with van der Waals surface area (Å²) in [7, 11) is -4.40. The monoisotopic (exact) mass is 1290 g/mol. The molecule has 0 bridgehead atoms. The molecule has 0 aromatic rings. The van der Waals surface area contributed by atoms with Crippen molar-refractivity contribution in [1.82, 2.24) is 0 Å². The van der Waals surface area contributed by atoms with Crippen LogP contribution >= 0.6 is 7.82 Å². The van der Waals surface area contributed by atoms with Crippen molar-refractivity contribution in [2.24, 2.45) is 5.73 Å². The van der Waals surface area contributed by atoms with Crippen LogP contribution in [0.3, 0.4) is 0 Å². The minimum absolute atomic E-state index is 0.0526. The zero-order valence-electron chi connectivity index (χ0n) is 59.8. The van der Waals surface area contributed by atoms with Gasteiger partial charge in [-0.05, 0) is 89.9 Å². The van der Waals surface area contributed by atoms with E-state index in [1.807, 2.05) is 0 Å². The number of carbonyl (C=O) groups is 2. The molecule has 530 valence electrons. The van der Waals surface area contributed by atoms with E-state index in [-0.39, 0.29) is 38.6 Å². The van der Waals surface area contributed by atoms with E-state index >= 15 is 0 Å². The van der Waals surface area contributed by atoms with Crippen LogP contribution in [0.1, 0.15) is 386 Å². The first-order valence-electron chi connectivity index (χ1n) is 39.1. The van der Waals surface area contributed by atoms with Gasteiger partial charge >= 0.3 is 19.8 Å². The van der Waals surface area contributed by atoms with Crippen LogP contribution in [-0.2, 0) is 32.7 Å². The molecule has 0 aliphatic heterocycles. The van der Waals surface area contributed by atoms with Crippen molar-refractivity contribution < 1.29 is 37.6 Å². The Labute approximate surface area is 564 Å². The van der Waals surface area contributed by atoms with Crippen LogP contribution in [0.5, 0.6) is 0 Å². The number of phosphoric ester groups is 1. The lowest BCUT2D eigenvalue weighted by atomic mass is 10.0. The Morgan fingerprint density at radius 1 is 0.341 bits per heavy atom. The summed E-state index contributed by atoms with van der Waals surface area (Å²) in [5.74, 6) is -0.813. The number of hydrogen-bond donors (Lipinski definition) is 2. The van der Waals surface area contributed by atoms with Gasteiger partial charge in [0, 0.05) is 19.4 Å². The summed E-state index contributed by atoms with van der Waals surface area (Å²) in [5, 5.41) is 0. The van der Waals surface area contributed by atoms with E-state index in [2.05, 4.69) is 98.9 Å². The smallest absolute Gasteiger partial charge is 0.462 e. The summed E-state index contributed by atoms with van der Waals surface area (Å²) < 4.78 is 33.2. The van der Waals surface area contributed by atoms with E-state index in [4.69, 9.17) is 24.3 Å². The molecule has 0 amide bonds. The van der Waals surface area contributed by atoms with Crippen molar-refractivity contribution in [2.75, 3.05) is 26.4 Å². The van der Waals surface area contributed by atoms with Crippen molar-refractivity contribution in [2.45, 2.75) is 392 Å². The van der Waals surface area contributed by atoms with Crippen LogP contribution in [-0.4, -0.2) is 49.3 Å². The van der Waals surface area contributed by atoms with E-state index in [9.17, 15) is 19.0 Å². The highest BCUT2D eigenvalue weighted by Gasteiger charge is 2.26. The van der Waals surface area contributed by atoms with Gasteiger partial charge in [0.25, 0.3) is 0 Å². The molecule has 0 spiro atoms. The number of unbranched alkanes of at least 4 members (excludes halogenated alkanes) is 47. The fourth-order valence-corrected chi connectivity index (χ4v) is 12.3. The van der Waals surface area contributed by atoms with Crippen LogP contribution in [0, 0.1) is 0 Å². The minimum atomic E-state index is -4.40. The summed E-state index contributed by atoms with van der Waals surface area (Å²) in [6.07, 6.45) is 103. The van der Waals surface area contributed by atoms with Crippen molar-refractivity contribution in [3.8, 4) is 0 Å². The van der Waals surface area contributed by atoms with Gasteiger partial charge in [-0.15, -0.1) is 0 Å². The summed E-state index contributed by atoms with van der Waals surface area (Å²) in [4.78, 5) is 35.4. The van der Waals surface area contributed by atoms with Gasteiger partial charge in [0.15, 0.2) is 6.10 Å². The van der Waals surface area contributed by atoms with Crippen molar-refractivity contribution in [3.63, 3.8) is 0 Å². The van der Waals surface area contributed by atoms with Crippen LogP contribution < -0.4 is 5.73 Å². The zero-order valence-corrected chi connectivity index (χ0v) is 60.7. The zero-order chi connectivity index (χ0) is 65.8. The SMILES string of the molecule is CC/C=C\C/C=C\C/C=C\C/C=C\C/C=C\CCCCCCCCCCCCCCCC(=O)OC(COC(=O)CCCCCCCCCCCCCCCCCCCCCCCCCCCCCCC/C=C\C/C=C\CCCCCCC)COP(=O)(O)OCCN. The fourth-order valence-electron chi connectivity index (χ4n) is 11.5. The van der Waals surface area contributed by atoms with E-state index in [1.165, 1.54) is 276 Å². The summed E-state index contributed by atoms with van der Waals surface area (Å²) >= 11 is 0. The van der Waals surface area contributed by atoms with Gasteiger partial charge in [-0.2, -0.15) is 0 Å². The second-order valence-corrected chi connectivity index (χ2v) is 27.7. The lowest BCUT2D eigenvalue weighted by molar-refractivity contribution is -0.161. The molecule has 2 atom stereocenters. The predicted molar refractivity (Wildman–Crippen MR) is 395 cm³/mol. The van der Waals surface area contributed by atoms with E-state index < -0.39 is 26.5 Å². The third kappa shape index (κ3) is 76.1. The number of rotatable bonds is 74. The second-order valence-electron chi connectivity index (χ2n) is 26.2. The Balaban J connectivity index is 3.76. The molecule has 0 saturated heterocycles. The fraction of sp³-hybridized carbons (Fsp3) is 0.802. The quantitative estimate of drug-likeness (QED) is 0.0264. The number of carbonyl (C=O) groups excluding carboxylic acids is 2. The van der Waals surface area contributed by atoms with E-state index in [0.717, 1.165) is 77.0 Å². The summed E-state index contributed by atoms with van der Waals surface area (Å²) in [6.45, 7) is 3.67. The number of nitrogens with two attached hydrogens (primary N) is 1. The molecular formula is C81H148NO8P. The second kappa shape index (κ2) is 76.2. The van der Waals surface area contributed by atoms with Crippen molar-refractivity contribution in [3.05, 3.63) is 85.1 Å². The lowest BCUT2D eigenvalue weighted by Gasteiger charge is -2.19. The van der Waals surface area contributed by atoms with Crippen LogP contribution in [0.4, 0.5) is 0 Å². The summed E-state index contributed by atoms with van der Waals surface area (Å²) in [5.41, 5.74) is 5.41. The topological polar surface area (TPSA) is 134 Å². The van der Waals surface area contributed by atoms with Gasteiger partial charge in [-0.1, -0.05) is 369 Å². The van der Waals surface area contributed by atoms with E-state index in [0.29, 0.717) is 6.42 Å². The Hall–Kier alpha value is -2.81. The lowest BCUT2D eigenvalue weighted by Crippen LogP contribution is -2.29. The molecular weight excluding hydrogens is 1150 g/mol. The van der Waals surface area contributed by atoms with Gasteiger partial charge in [0.05, 0.1) is 13.2 Å². The average molecular weight is 1300 g/mol. The molecule has 0 aromatic heterocycles. The molecule has 0 fully saturated rings. The van der Waals surface area contributed by atoms with Gasteiger partial charge in [0.1, 0.15) is 6.61 Å². The molecule has 9 nitrogen and oxygen atoms in total. The molecule has 91 heavy (non-hydrogen) atoms. The third-order valence-corrected chi connectivity index (χ3v) is 18.2. The van der Waals surface area contributed by atoms with Gasteiger partial charge in [-0.3, -0.25) is 18.6 Å². The highest BCUT2D eigenvalue weighted by molar-refractivity contribution is 7.47. The van der Waals surface area contributed by atoms with Gasteiger partial charge < -0.3 is 20.1 Å². The normalized spacial score (nSPS) is 13.3. The maximum absolute atomic E-state index is 12.8. The summed E-state index contributed by atoms with van der Waals surface area (Å²) in [6, 6.07) is 0. The Kier molecular flexibility index (Phi) is 73.9. The van der Waals surface area contributed by atoms with Crippen molar-refractivity contribution in [1.29, 1.82) is 0 Å². The molecule has 0 aliphatic carbocycles. The molecule has 10 heteroatoms. The third-order valence-electron chi connectivity index (χ3n) is 17.3. The molecule has 3 N–H and O–H groups in total. The number of phosphoric acid groups is 1. The molecule has 0 aliphatic rings. The Bertz CT molecular complexity index is 1770. The minimum Gasteiger partial charge on any atom is -0.462 e. The van der Waals surface area contributed by atoms with Gasteiger partial charge in [0.2, 0.25) is 0 Å². The highest BCUT2D eigenvalue weighted by atomic mass is 31.2. The van der Waals surface area contributed by atoms with Crippen LogP contribution in [0.2, 0.25) is 0 Å². The number of hydrogen-bond acceptors (Lipinski definition) is 8. The Morgan fingerprint density at radius 3 is 0.901 bits per heavy atom. The first-order chi connectivity index (χ1) is 44.8. The number of ether oxygens (including phenoxy) is 2. The van der Waals surface area contributed by atoms with Crippen molar-refractivity contribution >= 4 is 19.8 Å². The maximum Gasteiger partial charge on any atom is 0.472 e. The largest absolute Gasteiger partial charge is 0.472 e. The standard InChI is InChI=1S/C81H148NO8P/c1-3-5-7-9-11-13-15-17-19-21-23-25-27-29-31-33-34-35-36-37-38-39-40-41-42-43-44-46-47-49-51-53-55-57-59-61-63-65-67-69-71-73-80(83)87-77-79(78-89-91(85,86)88-76-75-82)90-81(84)74-72-70-68-66-64-62-60-58-56-54-52-50-48-45-32-30-28-26-24-22-20-18-16-14-12-10-8-6-4-2/h6,8,12,14-15,17-18,20-21,23-24,26,30,32,79H,3-5,7,9-11,13,16,19,22,25,27-29,31,33-78,82H2,1-2H3,(H,85,86)/b8-6-,14-12-,17-15-,20-18-,23-21-,26-24-,32-30-. The maximum atomic E-state index is 12.8. The van der Waals surface area contributed by atoms with Gasteiger partial charge in [-0.25, -0.2) is 4.57 Å². The molecule has 0 rings (SSSR count). The molecule has 0 aromatic carbocycles.